The lowest BCUT2D eigenvalue weighted by Gasteiger charge is -2.21. The molecule has 0 aromatic heterocycles. The van der Waals surface area contributed by atoms with E-state index in [4.69, 9.17) is 11.6 Å². The van der Waals surface area contributed by atoms with E-state index in [9.17, 15) is 13.2 Å². The molecule has 0 unspecified atom stereocenters. The summed E-state index contributed by atoms with van der Waals surface area (Å²) in [5, 5.41) is 2.75. The summed E-state index contributed by atoms with van der Waals surface area (Å²) in [6.45, 7) is 1.04. The molecule has 0 bridgehead atoms. The Morgan fingerprint density at radius 3 is 2.41 bits per heavy atom. The zero-order chi connectivity index (χ0) is 16.2. The van der Waals surface area contributed by atoms with Gasteiger partial charge in [-0.25, -0.2) is 0 Å². The van der Waals surface area contributed by atoms with Gasteiger partial charge in [0.2, 0.25) is 0 Å². The Morgan fingerprint density at radius 2 is 1.82 bits per heavy atom. The fourth-order valence-corrected chi connectivity index (χ4v) is 3.89. The van der Waals surface area contributed by atoms with E-state index in [0.717, 1.165) is 25.7 Å². The topological polar surface area (TPSA) is 78.5 Å². The van der Waals surface area contributed by atoms with Crippen molar-refractivity contribution in [2.24, 2.45) is 0 Å². The highest BCUT2D eigenvalue weighted by Crippen LogP contribution is 2.22. The summed E-state index contributed by atoms with van der Waals surface area (Å²) in [4.78, 5) is 11.7. The van der Waals surface area contributed by atoms with Gasteiger partial charge in [-0.1, -0.05) is 24.4 Å². The fraction of sp³-hybridized carbons (Fsp3) is 0.500. The first-order valence-corrected chi connectivity index (χ1v) is 9.05. The first-order chi connectivity index (χ1) is 10.4. The van der Waals surface area contributed by atoms with Gasteiger partial charge in [-0.2, -0.15) is 12.7 Å². The Bertz CT molecular complexity index is 641. The van der Waals surface area contributed by atoms with E-state index in [1.807, 2.05) is 0 Å². The molecule has 8 heteroatoms. The molecule has 1 heterocycles. The van der Waals surface area contributed by atoms with Gasteiger partial charge in [-0.3, -0.25) is 9.52 Å². The van der Waals surface area contributed by atoms with Gasteiger partial charge in [0.1, 0.15) is 0 Å². The second-order valence-corrected chi connectivity index (χ2v) is 7.27. The second kappa shape index (κ2) is 7.30. The average molecular weight is 346 g/mol. The van der Waals surface area contributed by atoms with Crippen molar-refractivity contribution in [3.63, 3.8) is 0 Å². The number of anilines is 1. The molecule has 1 amide bonds. The van der Waals surface area contributed by atoms with Crippen molar-refractivity contribution >= 4 is 33.4 Å². The summed E-state index contributed by atoms with van der Waals surface area (Å²) < 4.78 is 28.8. The van der Waals surface area contributed by atoms with Gasteiger partial charge < -0.3 is 5.32 Å². The minimum Gasteiger partial charge on any atom is -0.355 e. The molecule has 0 spiro atoms. The number of nitrogens with one attached hydrogen (secondary N) is 2. The number of carbonyl (C=O) groups excluding carboxylic acids is 1. The highest BCUT2D eigenvalue weighted by Gasteiger charge is 2.23. The molecule has 0 atom stereocenters. The SMILES string of the molecule is CNC(=O)c1cc(NS(=O)(=O)N2CCCCCC2)ccc1Cl. The lowest BCUT2D eigenvalue weighted by molar-refractivity contribution is 0.0963. The number of amides is 1. The normalized spacial score (nSPS) is 16.8. The largest absolute Gasteiger partial charge is 0.355 e. The van der Waals surface area contributed by atoms with Crippen LogP contribution in [0.2, 0.25) is 5.02 Å². The summed E-state index contributed by atoms with van der Waals surface area (Å²) in [6.07, 6.45) is 3.83. The third-order valence-corrected chi connectivity index (χ3v) is 5.46. The Morgan fingerprint density at radius 1 is 1.18 bits per heavy atom. The lowest BCUT2D eigenvalue weighted by Crippen LogP contribution is -2.36. The molecule has 0 saturated carbocycles. The van der Waals surface area contributed by atoms with Crippen LogP contribution in [0.1, 0.15) is 36.0 Å². The van der Waals surface area contributed by atoms with Crippen LogP contribution in [0.3, 0.4) is 0 Å². The molecule has 6 nitrogen and oxygen atoms in total. The van der Waals surface area contributed by atoms with E-state index in [1.165, 1.54) is 23.5 Å². The van der Waals surface area contributed by atoms with Gasteiger partial charge in [0.15, 0.2) is 0 Å². The molecule has 1 aromatic rings. The van der Waals surface area contributed by atoms with Crippen LogP contribution in [-0.2, 0) is 10.2 Å². The maximum atomic E-state index is 12.4. The summed E-state index contributed by atoms with van der Waals surface area (Å²) in [7, 11) is -2.12. The van der Waals surface area contributed by atoms with Gasteiger partial charge in [0.05, 0.1) is 16.3 Å². The monoisotopic (exact) mass is 345 g/mol. The lowest BCUT2D eigenvalue weighted by atomic mass is 10.2. The van der Waals surface area contributed by atoms with Crippen LogP contribution in [0.15, 0.2) is 18.2 Å². The molecular formula is C14H20ClN3O3S. The van der Waals surface area contributed by atoms with Crippen molar-refractivity contribution in [1.82, 2.24) is 9.62 Å². The van der Waals surface area contributed by atoms with Crippen LogP contribution in [0.4, 0.5) is 5.69 Å². The van der Waals surface area contributed by atoms with Crippen LogP contribution < -0.4 is 10.0 Å². The average Bonchev–Trinajstić information content (AvgIpc) is 2.78. The summed E-state index contributed by atoms with van der Waals surface area (Å²) in [6, 6.07) is 4.49. The number of hydrogen-bond acceptors (Lipinski definition) is 3. The smallest absolute Gasteiger partial charge is 0.301 e. The number of nitrogens with zero attached hydrogens (tertiary/aromatic N) is 1. The Balaban J connectivity index is 2.20. The third-order valence-electron chi connectivity index (χ3n) is 3.59. The van der Waals surface area contributed by atoms with E-state index in [-0.39, 0.29) is 16.5 Å². The molecule has 1 fully saturated rings. The molecular weight excluding hydrogens is 326 g/mol. The summed E-state index contributed by atoms with van der Waals surface area (Å²) in [5.41, 5.74) is 0.562. The second-order valence-electron chi connectivity index (χ2n) is 5.19. The standard InChI is InChI=1S/C14H20ClN3O3S/c1-16-14(19)12-10-11(6-7-13(12)15)17-22(20,21)18-8-4-2-3-5-9-18/h6-7,10,17H,2-5,8-9H2,1H3,(H,16,19). The van der Waals surface area contributed by atoms with Crippen LogP contribution in [-0.4, -0.2) is 38.8 Å². The number of rotatable bonds is 4. The predicted molar refractivity (Wildman–Crippen MR) is 87.4 cm³/mol. The molecule has 1 aliphatic rings. The predicted octanol–water partition coefficient (Wildman–Crippen LogP) is 2.23. The zero-order valence-corrected chi connectivity index (χ0v) is 14.0. The van der Waals surface area contributed by atoms with Gasteiger partial charge in [0.25, 0.3) is 5.91 Å². The zero-order valence-electron chi connectivity index (χ0n) is 12.4. The summed E-state index contributed by atoms with van der Waals surface area (Å²) in [5.74, 6) is -0.360. The molecule has 2 rings (SSSR count). The van der Waals surface area contributed by atoms with E-state index in [1.54, 1.807) is 6.07 Å². The molecule has 1 aliphatic heterocycles. The molecule has 0 aliphatic carbocycles. The first-order valence-electron chi connectivity index (χ1n) is 7.23. The van der Waals surface area contributed by atoms with Crippen LogP contribution in [0.25, 0.3) is 0 Å². The van der Waals surface area contributed by atoms with E-state index in [0.29, 0.717) is 18.8 Å². The Hall–Kier alpha value is -1.31. The maximum absolute atomic E-state index is 12.4. The number of benzene rings is 1. The molecule has 1 saturated heterocycles. The van der Waals surface area contributed by atoms with Crippen LogP contribution in [0, 0.1) is 0 Å². The Labute approximate surface area is 136 Å². The van der Waals surface area contributed by atoms with E-state index < -0.39 is 10.2 Å². The third kappa shape index (κ3) is 4.12. The van der Waals surface area contributed by atoms with Gasteiger partial charge in [-0.05, 0) is 31.0 Å². The van der Waals surface area contributed by atoms with Gasteiger partial charge in [-0.15, -0.1) is 0 Å². The van der Waals surface area contributed by atoms with Gasteiger partial charge in [0, 0.05) is 20.1 Å². The highest BCUT2D eigenvalue weighted by atomic mass is 35.5. The van der Waals surface area contributed by atoms with Crippen molar-refractivity contribution in [1.29, 1.82) is 0 Å². The number of hydrogen-bond donors (Lipinski definition) is 2. The molecule has 1 aromatic carbocycles. The first kappa shape index (κ1) is 17.1. The molecule has 2 N–H and O–H groups in total. The van der Waals surface area contributed by atoms with Crippen molar-refractivity contribution < 1.29 is 13.2 Å². The van der Waals surface area contributed by atoms with E-state index >= 15 is 0 Å². The van der Waals surface area contributed by atoms with Crippen LogP contribution in [0.5, 0.6) is 0 Å². The quantitative estimate of drug-likeness (QED) is 0.878. The molecule has 0 radical (unpaired) electrons. The van der Waals surface area contributed by atoms with Crippen LogP contribution >= 0.6 is 11.6 Å². The van der Waals surface area contributed by atoms with Crippen molar-refractivity contribution in [3.8, 4) is 0 Å². The van der Waals surface area contributed by atoms with E-state index in [2.05, 4.69) is 10.0 Å². The number of halogens is 1. The minimum absolute atomic E-state index is 0.236. The Kier molecular flexibility index (Phi) is 5.66. The fourth-order valence-electron chi connectivity index (χ4n) is 2.39. The molecule has 22 heavy (non-hydrogen) atoms. The highest BCUT2D eigenvalue weighted by molar-refractivity contribution is 7.90. The van der Waals surface area contributed by atoms with Crippen molar-refractivity contribution in [2.75, 3.05) is 24.9 Å². The van der Waals surface area contributed by atoms with Crippen molar-refractivity contribution in [3.05, 3.63) is 28.8 Å². The summed E-state index contributed by atoms with van der Waals surface area (Å²) >= 11 is 5.96. The minimum atomic E-state index is -3.61. The number of carbonyl (C=O) groups is 1. The maximum Gasteiger partial charge on any atom is 0.301 e. The molecule has 122 valence electrons. The van der Waals surface area contributed by atoms with Gasteiger partial charge >= 0.3 is 10.2 Å². The van der Waals surface area contributed by atoms with Crippen molar-refractivity contribution in [2.45, 2.75) is 25.7 Å².